The van der Waals surface area contributed by atoms with Crippen molar-refractivity contribution in [3.8, 4) is 23.7 Å². The van der Waals surface area contributed by atoms with Gasteiger partial charge in [-0.15, -0.1) is 0 Å². The Kier molecular flexibility index (Phi) is 5.15. The molecule has 0 spiro atoms. The van der Waals surface area contributed by atoms with Gasteiger partial charge in [-0.1, -0.05) is 36.0 Å². The van der Waals surface area contributed by atoms with Crippen LogP contribution in [-0.2, 0) is 9.53 Å². The van der Waals surface area contributed by atoms with Crippen molar-refractivity contribution in [2.45, 2.75) is 0 Å². The Morgan fingerprint density at radius 2 is 1.62 bits per heavy atom. The van der Waals surface area contributed by atoms with Crippen LogP contribution in [0.15, 0.2) is 54.6 Å². The summed E-state index contributed by atoms with van der Waals surface area (Å²) >= 11 is 0. The third kappa shape index (κ3) is 5.22. The van der Waals surface area contributed by atoms with Gasteiger partial charge in [0.25, 0.3) is 0 Å². The number of hydrogen-bond donors (Lipinski definition) is 0. The van der Waals surface area contributed by atoms with Crippen LogP contribution < -0.4 is 0 Å². The lowest BCUT2D eigenvalue weighted by molar-refractivity contribution is -0.135. The van der Waals surface area contributed by atoms with E-state index in [0.29, 0.717) is 5.56 Å². The number of hydrogen-bond acceptors (Lipinski definition) is 2. The van der Waals surface area contributed by atoms with Crippen molar-refractivity contribution in [1.29, 1.82) is 0 Å². The van der Waals surface area contributed by atoms with Crippen molar-refractivity contribution in [1.82, 2.24) is 0 Å². The molecule has 0 amide bonds. The maximum atomic E-state index is 12.7. The summed E-state index contributed by atoms with van der Waals surface area (Å²) in [6.45, 7) is -0.0220. The smallest absolute Gasteiger partial charge is 0.385 e. The maximum absolute atomic E-state index is 12.7. The van der Waals surface area contributed by atoms with E-state index < -0.39 is 5.97 Å². The first kappa shape index (κ1) is 14.4. The minimum atomic E-state index is -0.665. The highest BCUT2D eigenvalue weighted by molar-refractivity contribution is 5.89. The molecule has 0 fully saturated rings. The summed E-state index contributed by atoms with van der Waals surface area (Å²) in [4.78, 5) is 11.4. The minimum absolute atomic E-state index is 0.0220. The molecular weight excluding hydrogens is 267 g/mol. The molecule has 0 radical (unpaired) electrons. The van der Waals surface area contributed by atoms with Crippen LogP contribution in [0.1, 0.15) is 11.1 Å². The molecule has 0 N–H and O–H groups in total. The van der Waals surface area contributed by atoms with E-state index in [1.807, 2.05) is 30.3 Å². The fraction of sp³-hybridized carbons (Fsp3) is 0.0556. The number of carbonyl (C=O) groups is 1. The highest BCUT2D eigenvalue weighted by Crippen LogP contribution is 2.00. The topological polar surface area (TPSA) is 26.3 Å². The summed E-state index contributed by atoms with van der Waals surface area (Å²) < 4.78 is 17.5. The standard InChI is InChI=1S/C18H11FO2/c19-17-11-8-16(9-12-17)10-13-18(20)21-14-4-7-15-5-2-1-3-6-15/h1-3,5-6,8-9,11-12H,14H2. The van der Waals surface area contributed by atoms with E-state index in [4.69, 9.17) is 4.74 Å². The van der Waals surface area contributed by atoms with E-state index >= 15 is 0 Å². The van der Waals surface area contributed by atoms with Gasteiger partial charge in [-0.3, -0.25) is 0 Å². The zero-order valence-electron chi connectivity index (χ0n) is 11.1. The SMILES string of the molecule is O=C(C#Cc1ccc(F)cc1)OCC#Cc1ccccc1. The fourth-order valence-corrected chi connectivity index (χ4v) is 1.45. The molecule has 0 atom stereocenters. The Morgan fingerprint density at radius 1 is 0.952 bits per heavy atom. The van der Waals surface area contributed by atoms with Gasteiger partial charge in [-0.25, -0.2) is 9.18 Å². The third-order valence-electron chi connectivity index (χ3n) is 2.44. The van der Waals surface area contributed by atoms with Gasteiger partial charge in [0.1, 0.15) is 5.82 Å². The number of ether oxygens (including phenoxy) is 1. The summed E-state index contributed by atoms with van der Waals surface area (Å²) in [5, 5.41) is 0. The molecule has 0 aromatic heterocycles. The highest BCUT2D eigenvalue weighted by atomic mass is 19.1. The molecule has 3 heteroatoms. The minimum Gasteiger partial charge on any atom is -0.443 e. The molecular formula is C18H11FO2. The summed E-state index contributed by atoms with van der Waals surface area (Å²) in [6, 6.07) is 14.9. The molecule has 21 heavy (non-hydrogen) atoms. The van der Waals surface area contributed by atoms with Crippen molar-refractivity contribution in [3.63, 3.8) is 0 Å². The van der Waals surface area contributed by atoms with Gasteiger partial charge >= 0.3 is 5.97 Å². The van der Waals surface area contributed by atoms with E-state index in [-0.39, 0.29) is 12.4 Å². The van der Waals surface area contributed by atoms with Crippen molar-refractivity contribution in [2.75, 3.05) is 6.61 Å². The summed E-state index contributed by atoms with van der Waals surface area (Å²) in [5.74, 6) is 9.48. The predicted molar refractivity (Wildman–Crippen MR) is 77.6 cm³/mol. The number of rotatable bonds is 1. The van der Waals surface area contributed by atoms with Crippen LogP contribution in [0.5, 0.6) is 0 Å². The first-order chi connectivity index (χ1) is 10.2. The molecule has 0 saturated heterocycles. The molecule has 2 rings (SSSR count). The molecule has 0 aliphatic carbocycles. The Labute approximate surface area is 122 Å². The highest BCUT2D eigenvalue weighted by Gasteiger charge is 1.94. The van der Waals surface area contributed by atoms with Crippen LogP contribution in [0.4, 0.5) is 4.39 Å². The largest absolute Gasteiger partial charge is 0.443 e. The molecule has 102 valence electrons. The van der Waals surface area contributed by atoms with Gasteiger partial charge in [0, 0.05) is 17.0 Å². The van der Waals surface area contributed by atoms with Crippen molar-refractivity contribution >= 4 is 5.97 Å². The zero-order chi connectivity index (χ0) is 14.9. The fourth-order valence-electron chi connectivity index (χ4n) is 1.45. The number of esters is 1. The third-order valence-corrected chi connectivity index (χ3v) is 2.44. The van der Waals surface area contributed by atoms with E-state index in [2.05, 4.69) is 23.7 Å². The summed E-state index contributed by atoms with van der Waals surface area (Å²) in [6.07, 6.45) is 0. The Bertz CT molecular complexity index is 726. The zero-order valence-corrected chi connectivity index (χ0v) is 11.1. The first-order valence-corrected chi connectivity index (χ1v) is 6.22. The Hall–Kier alpha value is -3.04. The van der Waals surface area contributed by atoms with Gasteiger partial charge in [0.2, 0.25) is 0 Å². The van der Waals surface area contributed by atoms with E-state index in [9.17, 15) is 9.18 Å². The molecule has 0 aliphatic heterocycles. The van der Waals surface area contributed by atoms with Crippen LogP contribution in [0.2, 0.25) is 0 Å². The molecule has 0 heterocycles. The lowest BCUT2D eigenvalue weighted by Crippen LogP contribution is -2.01. The van der Waals surface area contributed by atoms with Crippen LogP contribution in [0.3, 0.4) is 0 Å². The van der Waals surface area contributed by atoms with Crippen LogP contribution in [0.25, 0.3) is 0 Å². The van der Waals surface area contributed by atoms with Gasteiger partial charge in [-0.05, 0) is 36.4 Å². The second kappa shape index (κ2) is 7.53. The van der Waals surface area contributed by atoms with Crippen LogP contribution in [0, 0.1) is 29.5 Å². The van der Waals surface area contributed by atoms with Crippen molar-refractivity contribution in [3.05, 3.63) is 71.5 Å². The van der Waals surface area contributed by atoms with E-state index in [1.54, 1.807) is 0 Å². The molecule has 0 saturated carbocycles. The van der Waals surface area contributed by atoms with Gasteiger partial charge in [-0.2, -0.15) is 0 Å². The Balaban J connectivity index is 1.83. The predicted octanol–water partition coefficient (Wildman–Crippen LogP) is 2.77. The van der Waals surface area contributed by atoms with Crippen molar-refractivity contribution < 1.29 is 13.9 Å². The Morgan fingerprint density at radius 3 is 2.33 bits per heavy atom. The first-order valence-electron chi connectivity index (χ1n) is 6.22. The molecule has 2 aromatic carbocycles. The lowest BCUT2D eigenvalue weighted by Gasteiger charge is -1.92. The molecule has 2 aromatic rings. The molecule has 0 unspecified atom stereocenters. The average molecular weight is 278 g/mol. The van der Waals surface area contributed by atoms with Crippen LogP contribution in [-0.4, -0.2) is 12.6 Å². The average Bonchev–Trinajstić information content (AvgIpc) is 2.52. The van der Waals surface area contributed by atoms with Gasteiger partial charge in [0.15, 0.2) is 6.61 Å². The molecule has 2 nitrogen and oxygen atoms in total. The summed E-state index contributed by atoms with van der Waals surface area (Å²) in [5.41, 5.74) is 1.40. The molecule has 0 aliphatic rings. The maximum Gasteiger partial charge on any atom is 0.385 e. The van der Waals surface area contributed by atoms with Crippen molar-refractivity contribution in [2.24, 2.45) is 0 Å². The van der Waals surface area contributed by atoms with Crippen LogP contribution >= 0.6 is 0 Å². The van der Waals surface area contributed by atoms with E-state index in [0.717, 1.165) is 5.56 Å². The number of halogens is 1. The lowest BCUT2D eigenvalue weighted by atomic mass is 10.2. The number of carbonyl (C=O) groups excluding carboxylic acids is 1. The summed E-state index contributed by atoms with van der Waals surface area (Å²) in [7, 11) is 0. The monoisotopic (exact) mass is 278 g/mol. The van der Waals surface area contributed by atoms with Gasteiger partial charge in [0.05, 0.1) is 0 Å². The quantitative estimate of drug-likeness (QED) is 0.592. The number of benzene rings is 2. The second-order valence-corrected chi connectivity index (χ2v) is 4.00. The second-order valence-electron chi connectivity index (χ2n) is 4.00. The molecule has 0 bridgehead atoms. The van der Waals surface area contributed by atoms with Gasteiger partial charge < -0.3 is 4.74 Å². The normalized spacial score (nSPS) is 8.81. The van der Waals surface area contributed by atoms with E-state index in [1.165, 1.54) is 24.3 Å².